The van der Waals surface area contributed by atoms with E-state index in [-0.39, 0.29) is 35.7 Å². The van der Waals surface area contributed by atoms with Crippen LogP contribution in [0, 0.1) is 23.0 Å². The molecule has 0 radical (unpaired) electrons. The van der Waals surface area contributed by atoms with Gasteiger partial charge in [0.1, 0.15) is 11.6 Å². The second-order valence-electron chi connectivity index (χ2n) is 10.6. The minimum Gasteiger partial charge on any atom is -0.355 e. The van der Waals surface area contributed by atoms with Crippen molar-refractivity contribution in [2.45, 2.75) is 25.6 Å². The summed E-state index contributed by atoms with van der Waals surface area (Å²) in [5, 5.41) is 4.10. The van der Waals surface area contributed by atoms with Crippen LogP contribution in [0.5, 0.6) is 0 Å². The van der Waals surface area contributed by atoms with Gasteiger partial charge in [0.25, 0.3) is 0 Å². The van der Waals surface area contributed by atoms with Gasteiger partial charge in [0.05, 0.1) is 17.5 Å². The zero-order chi connectivity index (χ0) is 28.4. The molecule has 39 heavy (non-hydrogen) atoms. The zero-order valence-corrected chi connectivity index (χ0v) is 24.0. The van der Waals surface area contributed by atoms with Gasteiger partial charge in [-0.25, -0.2) is 17.2 Å². The molecule has 1 amide bonds. The minimum absolute atomic E-state index is 0.0465. The number of likely N-dealkylation sites (tertiary alicyclic amines) is 1. The summed E-state index contributed by atoms with van der Waals surface area (Å²) in [4.78, 5) is 14.5. The summed E-state index contributed by atoms with van der Waals surface area (Å²) in [6, 6.07) is 17.5. The molecule has 1 aliphatic rings. The van der Waals surface area contributed by atoms with Crippen LogP contribution in [-0.2, 0) is 20.4 Å². The van der Waals surface area contributed by atoms with Gasteiger partial charge in [-0.3, -0.25) is 9.69 Å². The van der Waals surface area contributed by atoms with Gasteiger partial charge in [0, 0.05) is 47.1 Å². The Hall–Kier alpha value is -2.52. The van der Waals surface area contributed by atoms with Gasteiger partial charge in [0.2, 0.25) is 5.91 Å². The van der Waals surface area contributed by atoms with Crippen LogP contribution < -0.4 is 5.32 Å². The third kappa shape index (κ3) is 7.57. The normalized spacial score (nSPS) is 15.4. The molecule has 0 bridgehead atoms. The third-order valence-corrected chi connectivity index (χ3v) is 9.14. The highest BCUT2D eigenvalue weighted by molar-refractivity contribution is 7.90. The Kier molecular flexibility index (Phi) is 9.01. The van der Waals surface area contributed by atoms with Crippen molar-refractivity contribution >= 4 is 38.9 Å². The van der Waals surface area contributed by atoms with E-state index in [0.29, 0.717) is 29.2 Å². The molecular weight excluding hydrogens is 565 g/mol. The molecule has 1 aliphatic heterocycles. The maximum Gasteiger partial charge on any atom is 0.222 e. The van der Waals surface area contributed by atoms with E-state index in [1.807, 2.05) is 24.3 Å². The first-order chi connectivity index (χ1) is 18.3. The van der Waals surface area contributed by atoms with Crippen molar-refractivity contribution in [1.29, 1.82) is 0 Å². The molecule has 3 aromatic carbocycles. The third-order valence-electron chi connectivity index (χ3n) is 6.81. The summed E-state index contributed by atoms with van der Waals surface area (Å²) in [5.74, 6) is -2.85. The Morgan fingerprint density at radius 1 is 0.923 bits per heavy atom. The standard InChI is InChI=1S/C29H30Cl2F2N2O3S/c1-19(2)28(36)34-15-29(18-39(37,38)14-20-11-25(32)13-26(33)12-20)16-35(17-29)27(21-3-7-23(30)8-4-21)22-5-9-24(31)10-6-22/h3-13,19,27H,14-18H2,1-2H3,(H,34,36). The summed E-state index contributed by atoms with van der Waals surface area (Å²) < 4.78 is 54.0. The average Bonchev–Trinajstić information content (AvgIpc) is 2.82. The molecule has 1 fully saturated rings. The molecule has 0 saturated carbocycles. The summed E-state index contributed by atoms with van der Waals surface area (Å²) in [6.07, 6.45) is 0. The highest BCUT2D eigenvalue weighted by Gasteiger charge is 2.49. The fourth-order valence-electron chi connectivity index (χ4n) is 5.10. The number of hydrogen-bond acceptors (Lipinski definition) is 4. The van der Waals surface area contributed by atoms with Crippen molar-refractivity contribution < 1.29 is 22.0 Å². The SMILES string of the molecule is CC(C)C(=O)NCC1(CS(=O)(=O)Cc2cc(F)cc(F)c2)CN(C(c2ccc(Cl)cc2)c2ccc(Cl)cc2)C1. The second kappa shape index (κ2) is 11.9. The molecule has 10 heteroatoms. The monoisotopic (exact) mass is 594 g/mol. The van der Waals surface area contributed by atoms with E-state index in [1.165, 1.54) is 0 Å². The molecule has 5 nitrogen and oxygen atoms in total. The lowest BCUT2D eigenvalue weighted by atomic mass is 9.78. The van der Waals surface area contributed by atoms with Crippen LogP contribution in [0.3, 0.4) is 0 Å². The first kappa shape index (κ1) is 29.5. The lowest BCUT2D eigenvalue weighted by Gasteiger charge is -2.53. The second-order valence-corrected chi connectivity index (χ2v) is 13.5. The smallest absolute Gasteiger partial charge is 0.222 e. The minimum atomic E-state index is -3.79. The largest absolute Gasteiger partial charge is 0.355 e. The van der Waals surface area contributed by atoms with Crippen LogP contribution in [0.4, 0.5) is 8.78 Å². The van der Waals surface area contributed by atoms with Crippen LogP contribution in [0.2, 0.25) is 10.0 Å². The van der Waals surface area contributed by atoms with Crippen molar-refractivity contribution in [3.8, 4) is 0 Å². The quantitative estimate of drug-likeness (QED) is 0.310. The molecule has 1 heterocycles. The van der Waals surface area contributed by atoms with E-state index in [1.54, 1.807) is 38.1 Å². The van der Waals surface area contributed by atoms with Crippen LogP contribution >= 0.6 is 23.2 Å². The number of carbonyl (C=O) groups excluding carboxylic acids is 1. The van der Waals surface area contributed by atoms with E-state index in [0.717, 1.165) is 23.3 Å². The molecule has 4 rings (SSSR count). The highest BCUT2D eigenvalue weighted by atomic mass is 35.5. The molecule has 3 aromatic rings. The molecular formula is C29H30Cl2F2N2O3S. The van der Waals surface area contributed by atoms with Crippen LogP contribution in [0.25, 0.3) is 0 Å². The molecule has 0 spiro atoms. The van der Waals surface area contributed by atoms with Crippen LogP contribution in [0.15, 0.2) is 66.7 Å². The number of amides is 1. The van der Waals surface area contributed by atoms with E-state index in [4.69, 9.17) is 23.2 Å². The Morgan fingerprint density at radius 2 is 1.41 bits per heavy atom. The fourth-order valence-corrected chi connectivity index (χ4v) is 7.35. The topological polar surface area (TPSA) is 66.5 Å². The van der Waals surface area contributed by atoms with Gasteiger partial charge < -0.3 is 5.32 Å². The fraction of sp³-hybridized carbons (Fsp3) is 0.345. The van der Waals surface area contributed by atoms with E-state index < -0.39 is 32.6 Å². The van der Waals surface area contributed by atoms with Gasteiger partial charge in [-0.15, -0.1) is 0 Å². The lowest BCUT2D eigenvalue weighted by Crippen LogP contribution is -2.64. The molecule has 1 saturated heterocycles. The van der Waals surface area contributed by atoms with Gasteiger partial charge in [-0.05, 0) is 53.1 Å². The Balaban J connectivity index is 1.61. The van der Waals surface area contributed by atoms with Crippen molar-refractivity contribution in [1.82, 2.24) is 10.2 Å². The van der Waals surface area contributed by atoms with Gasteiger partial charge in [0.15, 0.2) is 9.84 Å². The lowest BCUT2D eigenvalue weighted by molar-refractivity contribution is -0.125. The number of halogens is 4. The van der Waals surface area contributed by atoms with Crippen molar-refractivity contribution in [2.24, 2.45) is 11.3 Å². The van der Waals surface area contributed by atoms with Gasteiger partial charge in [-0.2, -0.15) is 0 Å². The van der Waals surface area contributed by atoms with E-state index in [2.05, 4.69) is 10.2 Å². The summed E-state index contributed by atoms with van der Waals surface area (Å²) in [7, 11) is -3.79. The number of benzene rings is 3. The molecule has 0 atom stereocenters. The van der Waals surface area contributed by atoms with Crippen molar-refractivity contribution in [3.05, 3.63) is 105 Å². The maximum absolute atomic E-state index is 13.7. The number of rotatable bonds is 10. The number of nitrogens with zero attached hydrogens (tertiary/aromatic N) is 1. The molecule has 0 aliphatic carbocycles. The van der Waals surface area contributed by atoms with E-state index in [9.17, 15) is 22.0 Å². The predicted octanol–water partition coefficient (Wildman–Crippen LogP) is 6.05. The van der Waals surface area contributed by atoms with Gasteiger partial charge in [-0.1, -0.05) is 61.3 Å². The first-order valence-corrected chi connectivity index (χ1v) is 15.1. The van der Waals surface area contributed by atoms with Crippen LogP contribution in [0.1, 0.15) is 36.6 Å². The number of sulfone groups is 1. The number of carbonyl (C=O) groups is 1. The molecule has 208 valence electrons. The van der Waals surface area contributed by atoms with E-state index >= 15 is 0 Å². The first-order valence-electron chi connectivity index (χ1n) is 12.5. The number of hydrogen-bond donors (Lipinski definition) is 1. The van der Waals surface area contributed by atoms with Crippen molar-refractivity contribution in [3.63, 3.8) is 0 Å². The maximum atomic E-state index is 13.7. The Bertz CT molecular complexity index is 1360. The molecule has 0 aromatic heterocycles. The average molecular weight is 596 g/mol. The summed E-state index contributed by atoms with van der Waals surface area (Å²) in [5.41, 5.74) is 1.20. The van der Waals surface area contributed by atoms with Crippen molar-refractivity contribution in [2.75, 3.05) is 25.4 Å². The van der Waals surface area contributed by atoms with Gasteiger partial charge >= 0.3 is 0 Å². The summed E-state index contributed by atoms with van der Waals surface area (Å²) in [6.45, 7) is 4.43. The Labute approximate surface area is 238 Å². The Morgan fingerprint density at radius 3 is 1.87 bits per heavy atom. The molecule has 0 unspecified atom stereocenters. The zero-order valence-electron chi connectivity index (χ0n) is 21.6. The summed E-state index contributed by atoms with van der Waals surface area (Å²) >= 11 is 12.3. The predicted molar refractivity (Wildman–Crippen MR) is 150 cm³/mol. The number of nitrogens with one attached hydrogen (secondary N) is 1. The van der Waals surface area contributed by atoms with Crippen LogP contribution in [-0.4, -0.2) is 44.6 Å². The highest BCUT2D eigenvalue weighted by Crippen LogP contribution is 2.42. The molecule has 1 N–H and O–H groups in total.